The molecule has 2 fully saturated rings. The van der Waals surface area contributed by atoms with Crippen LogP contribution in [0.15, 0.2) is 0 Å². The first-order chi connectivity index (χ1) is 7.64. The lowest BCUT2D eigenvalue weighted by molar-refractivity contribution is 0.259. The normalized spacial score (nSPS) is 28.9. The molecule has 1 aliphatic carbocycles. The zero-order chi connectivity index (χ0) is 11.6. The Balaban J connectivity index is 1.97. The number of aliphatic hydroxyl groups excluding tert-OH is 1. The van der Waals surface area contributed by atoms with Crippen molar-refractivity contribution in [2.75, 3.05) is 19.7 Å². The Morgan fingerprint density at radius 2 is 1.88 bits per heavy atom. The van der Waals surface area contributed by atoms with Gasteiger partial charge in [-0.15, -0.1) is 0 Å². The number of rotatable bonds is 4. The summed E-state index contributed by atoms with van der Waals surface area (Å²) in [5, 5.41) is 8.73. The Hall–Kier alpha value is -0.130. The minimum atomic E-state index is -3.04. The molecule has 1 heterocycles. The van der Waals surface area contributed by atoms with Gasteiger partial charge in [-0.1, -0.05) is 12.8 Å². The Kier molecular flexibility index (Phi) is 3.87. The molecule has 1 saturated heterocycles. The van der Waals surface area contributed by atoms with Crippen molar-refractivity contribution in [3.8, 4) is 0 Å². The van der Waals surface area contributed by atoms with E-state index in [1.165, 1.54) is 0 Å². The van der Waals surface area contributed by atoms with Gasteiger partial charge in [-0.3, -0.25) is 0 Å². The summed E-state index contributed by atoms with van der Waals surface area (Å²) in [6.07, 6.45) is 5.42. The molecular formula is C11H21NO3S. The molecule has 1 aliphatic heterocycles. The fourth-order valence-electron chi connectivity index (χ4n) is 2.84. The van der Waals surface area contributed by atoms with Crippen molar-refractivity contribution in [2.24, 2.45) is 5.92 Å². The first-order valence-electron chi connectivity index (χ1n) is 6.24. The molecule has 1 atom stereocenters. The van der Waals surface area contributed by atoms with Crippen molar-refractivity contribution >= 4 is 10.0 Å². The highest BCUT2D eigenvalue weighted by Crippen LogP contribution is 2.30. The summed E-state index contributed by atoms with van der Waals surface area (Å²) in [5.41, 5.74) is 0. The molecule has 0 bridgehead atoms. The van der Waals surface area contributed by atoms with Gasteiger partial charge in [0.2, 0.25) is 10.0 Å². The van der Waals surface area contributed by atoms with Gasteiger partial charge in [-0.2, -0.15) is 0 Å². The summed E-state index contributed by atoms with van der Waals surface area (Å²) in [6.45, 7) is 1.45. The van der Waals surface area contributed by atoms with E-state index in [2.05, 4.69) is 0 Å². The number of aliphatic hydroxyl groups is 1. The van der Waals surface area contributed by atoms with Crippen molar-refractivity contribution in [1.82, 2.24) is 4.31 Å². The summed E-state index contributed by atoms with van der Waals surface area (Å²) in [5.74, 6) is 0.362. The largest absolute Gasteiger partial charge is 0.396 e. The van der Waals surface area contributed by atoms with Gasteiger partial charge >= 0.3 is 0 Å². The molecule has 16 heavy (non-hydrogen) atoms. The summed E-state index contributed by atoms with van der Waals surface area (Å²) in [7, 11) is -3.04. The van der Waals surface area contributed by atoms with Crippen LogP contribution in [0.1, 0.15) is 38.5 Å². The molecule has 5 heteroatoms. The molecule has 2 aliphatic rings. The Morgan fingerprint density at radius 1 is 1.19 bits per heavy atom. The predicted octanol–water partition coefficient (Wildman–Crippen LogP) is 0.963. The number of nitrogens with zero attached hydrogens (tertiary/aromatic N) is 1. The van der Waals surface area contributed by atoms with Crippen molar-refractivity contribution in [2.45, 2.75) is 43.8 Å². The highest BCUT2D eigenvalue weighted by atomic mass is 32.2. The lowest BCUT2D eigenvalue weighted by Gasteiger charge is -2.20. The van der Waals surface area contributed by atoms with E-state index in [0.29, 0.717) is 19.0 Å². The van der Waals surface area contributed by atoms with E-state index in [-0.39, 0.29) is 11.9 Å². The zero-order valence-electron chi connectivity index (χ0n) is 9.64. The first kappa shape index (κ1) is 12.3. The van der Waals surface area contributed by atoms with E-state index in [0.717, 1.165) is 38.5 Å². The second kappa shape index (κ2) is 5.02. The predicted molar refractivity (Wildman–Crippen MR) is 62.6 cm³/mol. The van der Waals surface area contributed by atoms with Gasteiger partial charge in [0.15, 0.2) is 0 Å². The molecule has 1 saturated carbocycles. The lowest BCUT2D eigenvalue weighted by atomic mass is 10.1. The van der Waals surface area contributed by atoms with E-state index in [4.69, 9.17) is 5.11 Å². The molecule has 2 rings (SSSR count). The highest BCUT2D eigenvalue weighted by Gasteiger charge is 2.37. The summed E-state index contributed by atoms with van der Waals surface area (Å²) < 4.78 is 26.2. The van der Waals surface area contributed by atoms with E-state index >= 15 is 0 Å². The van der Waals surface area contributed by atoms with Crippen LogP contribution < -0.4 is 0 Å². The second-order valence-electron chi connectivity index (χ2n) is 4.98. The van der Waals surface area contributed by atoms with Crippen LogP contribution in [0.3, 0.4) is 0 Å². The standard InChI is InChI=1S/C11H21NO3S/c13-8-6-10-5-7-12(9-10)16(14,15)11-3-1-2-4-11/h10-11,13H,1-9H2. The maximum Gasteiger partial charge on any atom is 0.216 e. The van der Waals surface area contributed by atoms with E-state index < -0.39 is 10.0 Å². The third-order valence-electron chi connectivity index (χ3n) is 3.87. The average molecular weight is 247 g/mol. The van der Waals surface area contributed by atoms with Gasteiger partial charge in [-0.05, 0) is 31.6 Å². The Bertz CT molecular complexity index is 322. The van der Waals surface area contributed by atoms with Gasteiger partial charge < -0.3 is 5.11 Å². The van der Waals surface area contributed by atoms with Crippen molar-refractivity contribution in [3.05, 3.63) is 0 Å². The zero-order valence-corrected chi connectivity index (χ0v) is 10.5. The summed E-state index contributed by atoms with van der Waals surface area (Å²) >= 11 is 0. The Morgan fingerprint density at radius 3 is 2.50 bits per heavy atom. The van der Waals surface area contributed by atoms with Gasteiger partial charge in [0.25, 0.3) is 0 Å². The first-order valence-corrected chi connectivity index (χ1v) is 7.74. The van der Waals surface area contributed by atoms with Gasteiger partial charge in [0.1, 0.15) is 0 Å². The highest BCUT2D eigenvalue weighted by molar-refractivity contribution is 7.89. The quantitative estimate of drug-likeness (QED) is 0.805. The summed E-state index contributed by atoms with van der Waals surface area (Å²) in [6, 6.07) is 0. The second-order valence-corrected chi connectivity index (χ2v) is 7.19. The number of hydrogen-bond donors (Lipinski definition) is 1. The lowest BCUT2D eigenvalue weighted by Crippen LogP contribution is -2.36. The number of sulfonamides is 1. The molecule has 0 aromatic rings. The van der Waals surface area contributed by atoms with Crippen LogP contribution in [0.5, 0.6) is 0 Å². The fraction of sp³-hybridized carbons (Fsp3) is 1.00. The smallest absolute Gasteiger partial charge is 0.216 e. The van der Waals surface area contributed by atoms with Crippen molar-refractivity contribution in [3.63, 3.8) is 0 Å². The van der Waals surface area contributed by atoms with Crippen LogP contribution in [0.25, 0.3) is 0 Å². The van der Waals surface area contributed by atoms with Gasteiger partial charge in [0.05, 0.1) is 5.25 Å². The molecule has 4 nitrogen and oxygen atoms in total. The Labute approximate surface area is 97.7 Å². The SMILES string of the molecule is O=S(=O)(C1CCCC1)N1CCC(CCO)C1. The van der Waals surface area contributed by atoms with Gasteiger partial charge in [0, 0.05) is 19.7 Å². The molecule has 0 aromatic heterocycles. The third kappa shape index (κ3) is 2.41. The number of hydrogen-bond acceptors (Lipinski definition) is 3. The van der Waals surface area contributed by atoms with Crippen LogP contribution in [0.4, 0.5) is 0 Å². The van der Waals surface area contributed by atoms with Crippen molar-refractivity contribution in [1.29, 1.82) is 0 Å². The molecule has 0 amide bonds. The topological polar surface area (TPSA) is 57.6 Å². The van der Waals surface area contributed by atoms with Crippen molar-refractivity contribution < 1.29 is 13.5 Å². The molecule has 0 radical (unpaired) electrons. The maximum atomic E-state index is 12.2. The molecule has 1 unspecified atom stereocenters. The maximum absolute atomic E-state index is 12.2. The van der Waals surface area contributed by atoms with Crippen LogP contribution >= 0.6 is 0 Å². The average Bonchev–Trinajstić information content (AvgIpc) is 2.88. The minimum absolute atomic E-state index is 0.125. The van der Waals surface area contributed by atoms with E-state index in [9.17, 15) is 8.42 Å². The monoisotopic (exact) mass is 247 g/mol. The molecule has 0 aromatic carbocycles. The summed E-state index contributed by atoms with van der Waals surface area (Å²) in [4.78, 5) is 0. The molecule has 0 spiro atoms. The van der Waals surface area contributed by atoms with E-state index in [1.54, 1.807) is 4.31 Å². The van der Waals surface area contributed by atoms with Crippen LogP contribution in [0.2, 0.25) is 0 Å². The van der Waals surface area contributed by atoms with Gasteiger partial charge in [-0.25, -0.2) is 12.7 Å². The van der Waals surface area contributed by atoms with E-state index in [1.807, 2.05) is 0 Å². The molecule has 94 valence electrons. The minimum Gasteiger partial charge on any atom is -0.396 e. The fourth-order valence-corrected chi connectivity index (χ4v) is 4.97. The van der Waals surface area contributed by atoms with Crippen LogP contribution in [-0.4, -0.2) is 42.8 Å². The molecular weight excluding hydrogens is 226 g/mol. The van der Waals surface area contributed by atoms with Crippen LogP contribution in [0, 0.1) is 5.92 Å². The molecule has 1 N–H and O–H groups in total. The van der Waals surface area contributed by atoms with Crippen LogP contribution in [-0.2, 0) is 10.0 Å². The third-order valence-corrected chi connectivity index (χ3v) is 6.23.